The SMILES string of the molecule is OCc1ccnc(C(c2ccccc2)c2ccccc2)n1. The average Bonchev–Trinajstić information content (AvgIpc) is 2.57. The molecule has 0 saturated carbocycles. The molecular weight excluding hydrogens is 260 g/mol. The molecule has 0 aliphatic carbocycles. The van der Waals surface area contributed by atoms with Crippen LogP contribution >= 0.6 is 0 Å². The molecule has 0 saturated heterocycles. The van der Waals surface area contributed by atoms with E-state index in [4.69, 9.17) is 0 Å². The fourth-order valence-electron chi connectivity index (χ4n) is 2.42. The lowest BCUT2D eigenvalue weighted by Gasteiger charge is -2.17. The van der Waals surface area contributed by atoms with Crippen molar-refractivity contribution in [2.45, 2.75) is 12.5 Å². The number of aromatic nitrogens is 2. The van der Waals surface area contributed by atoms with Crippen molar-refractivity contribution in [3.05, 3.63) is 95.6 Å². The molecule has 0 fully saturated rings. The smallest absolute Gasteiger partial charge is 0.140 e. The highest BCUT2D eigenvalue weighted by Crippen LogP contribution is 2.29. The molecule has 3 aromatic rings. The standard InChI is InChI=1S/C18H16N2O/c21-13-16-11-12-19-18(20-16)17(14-7-3-1-4-8-14)15-9-5-2-6-10-15/h1-12,17,21H,13H2. The molecule has 0 spiro atoms. The second-order valence-corrected chi connectivity index (χ2v) is 4.82. The molecule has 0 bridgehead atoms. The zero-order valence-electron chi connectivity index (χ0n) is 11.6. The van der Waals surface area contributed by atoms with E-state index in [1.165, 1.54) is 0 Å². The van der Waals surface area contributed by atoms with Crippen molar-refractivity contribution in [3.8, 4) is 0 Å². The fourth-order valence-corrected chi connectivity index (χ4v) is 2.42. The van der Waals surface area contributed by atoms with Crippen LogP contribution in [0.4, 0.5) is 0 Å². The van der Waals surface area contributed by atoms with Gasteiger partial charge in [-0.05, 0) is 17.2 Å². The maximum absolute atomic E-state index is 9.29. The summed E-state index contributed by atoms with van der Waals surface area (Å²) >= 11 is 0. The first-order valence-corrected chi connectivity index (χ1v) is 6.91. The van der Waals surface area contributed by atoms with Crippen molar-refractivity contribution < 1.29 is 5.11 Å². The largest absolute Gasteiger partial charge is 0.390 e. The van der Waals surface area contributed by atoms with Crippen molar-refractivity contribution in [2.75, 3.05) is 0 Å². The summed E-state index contributed by atoms with van der Waals surface area (Å²) in [5, 5.41) is 9.29. The van der Waals surface area contributed by atoms with Gasteiger partial charge in [0.25, 0.3) is 0 Å². The topological polar surface area (TPSA) is 46.0 Å². The molecule has 1 N–H and O–H groups in total. The predicted octanol–water partition coefficient (Wildman–Crippen LogP) is 3.15. The van der Waals surface area contributed by atoms with Crippen molar-refractivity contribution in [2.24, 2.45) is 0 Å². The van der Waals surface area contributed by atoms with E-state index in [2.05, 4.69) is 34.2 Å². The molecule has 0 unspecified atom stereocenters. The Kier molecular flexibility index (Phi) is 4.03. The molecule has 0 aliphatic rings. The molecule has 0 amide bonds. The van der Waals surface area contributed by atoms with Crippen molar-refractivity contribution in [1.82, 2.24) is 9.97 Å². The molecule has 0 aliphatic heterocycles. The third-order valence-electron chi connectivity index (χ3n) is 3.42. The van der Waals surface area contributed by atoms with E-state index in [1.54, 1.807) is 12.3 Å². The van der Waals surface area contributed by atoms with Crippen LogP contribution in [0.1, 0.15) is 28.6 Å². The number of hydrogen-bond acceptors (Lipinski definition) is 3. The molecule has 0 radical (unpaired) electrons. The van der Waals surface area contributed by atoms with Gasteiger partial charge in [-0.25, -0.2) is 9.97 Å². The van der Waals surface area contributed by atoms with Crippen LogP contribution in [-0.2, 0) is 6.61 Å². The molecule has 1 heterocycles. The Morgan fingerprint density at radius 3 is 1.90 bits per heavy atom. The summed E-state index contributed by atoms with van der Waals surface area (Å²) in [6, 6.07) is 22.1. The summed E-state index contributed by atoms with van der Waals surface area (Å²) in [6.45, 7) is -0.0776. The van der Waals surface area contributed by atoms with Crippen LogP contribution in [0.5, 0.6) is 0 Å². The lowest BCUT2D eigenvalue weighted by atomic mass is 9.90. The minimum absolute atomic E-state index is 0.0288. The van der Waals surface area contributed by atoms with Gasteiger partial charge in [0, 0.05) is 6.20 Å². The van der Waals surface area contributed by atoms with Crippen molar-refractivity contribution >= 4 is 0 Å². The zero-order chi connectivity index (χ0) is 14.5. The first-order valence-electron chi connectivity index (χ1n) is 6.91. The number of rotatable bonds is 4. The van der Waals surface area contributed by atoms with Gasteiger partial charge >= 0.3 is 0 Å². The van der Waals surface area contributed by atoms with Gasteiger partial charge < -0.3 is 5.11 Å². The fraction of sp³-hybridized carbons (Fsp3) is 0.111. The molecule has 21 heavy (non-hydrogen) atoms. The monoisotopic (exact) mass is 276 g/mol. The second kappa shape index (κ2) is 6.29. The van der Waals surface area contributed by atoms with E-state index < -0.39 is 0 Å². The molecule has 1 aromatic heterocycles. The summed E-state index contributed by atoms with van der Waals surface area (Å²) in [5.74, 6) is 0.679. The van der Waals surface area contributed by atoms with Gasteiger partial charge in [-0.15, -0.1) is 0 Å². The maximum Gasteiger partial charge on any atom is 0.140 e. The molecule has 0 atom stereocenters. The quantitative estimate of drug-likeness (QED) is 0.796. The van der Waals surface area contributed by atoms with Gasteiger partial charge in [-0.2, -0.15) is 0 Å². The Balaban J connectivity index is 2.12. The van der Waals surface area contributed by atoms with Crippen molar-refractivity contribution in [3.63, 3.8) is 0 Å². The predicted molar refractivity (Wildman–Crippen MR) is 81.8 cm³/mol. The van der Waals surface area contributed by atoms with E-state index in [9.17, 15) is 5.11 Å². The lowest BCUT2D eigenvalue weighted by Crippen LogP contribution is -2.09. The third-order valence-corrected chi connectivity index (χ3v) is 3.42. The number of aliphatic hydroxyl groups excluding tert-OH is 1. The summed E-state index contributed by atoms with van der Waals surface area (Å²) in [7, 11) is 0. The molecule has 3 rings (SSSR count). The number of nitrogens with zero attached hydrogens (tertiary/aromatic N) is 2. The molecular formula is C18H16N2O. The highest BCUT2D eigenvalue weighted by molar-refractivity contribution is 5.38. The first kappa shape index (κ1) is 13.5. The number of hydrogen-bond donors (Lipinski definition) is 1. The van der Waals surface area contributed by atoms with Crippen LogP contribution in [0.15, 0.2) is 72.9 Å². The number of aliphatic hydroxyl groups is 1. The van der Waals surface area contributed by atoms with E-state index in [0.717, 1.165) is 11.1 Å². The van der Waals surface area contributed by atoms with Gasteiger partial charge in [0.05, 0.1) is 18.2 Å². The molecule has 2 aromatic carbocycles. The first-order chi connectivity index (χ1) is 10.4. The maximum atomic E-state index is 9.29. The minimum atomic E-state index is -0.0776. The van der Waals surface area contributed by atoms with Crippen molar-refractivity contribution in [1.29, 1.82) is 0 Å². The Bertz CT molecular complexity index is 659. The van der Waals surface area contributed by atoms with E-state index in [-0.39, 0.29) is 12.5 Å². The van der Waals surface area contributed by atoms with Crippen LogP contribution < -0.4 is 0 Å². The molecule has 104 valence electrons. The van der Waals surface area contributed by atoms with Crippen LogP contribution in [0.3, 0.4) is 0 Å². The van der Waals surface area contributed by atoms with Crippen LogP contribution in [0.2, 0.25) is 0 Å². The second-order valence-electron chi connectivity index (χ2n) is 4.82. The average molecular weight is 276 g/mol. The zero-order valence-corrected chi connectivity index (χ0v) is 11.6. The van der Waals surface area contributed by atoms with Gasteiger partial charge in [0.1, 0.15) is 5.82 Å². The lowest BCUT2D eigenvalue weighted by molar-refractivity contribution is 0.276. The van der Waals surface area contributed by atoms with Crippen LogP contribution in [0, 0.1) is 0 Å². The number of benzene rings is 2. The van der Waals surface area contributed by atoms with E-state index in [0.29, 0.717) is 11.5 Å². The van der Waals surface area contributed by atoms with Gasteiger partial charge in [-0.3, -0.25) is 0 Å². The molecule has 3 nitrogen and oxygen atoms in total. The van der Waals surface area contributed by atoms with Gasteiger partial charge in [0.2, 0.25) is 0 Å². The minimum Gasteiger partial charge on any atom is -0.390 e. The van der Waals surface area contributed by atoms with Crippen LogP contribution in [-0.4, -0.2) is 15.1 Å². The van der Waals surface area contributed by atoms with Gasteiger partial charge in [0.15, 0.2) is 0 Å². The Labute approximate surface area is 124 Å². The van der Waals surface area contributed by atoms with Crippen LogP contribution in [0.25, 0.3) is 0 Å². The molecule has 3 heteroatoms. The summed E-state index contributed by atoms with van der Waals surface area (Å²) < 4.78 is 0. The highest BCUT2D eigenvalue weighted by atomic mass is 16.3. The Morgan fingerprint density at radius 1 is 0.810 bits per heavy atom. The normalized spacial score (nSPS) is 10.8. The highest BCUT2D eigenvalue weighted by Gasteiger charge is 2.19. The van der Waals surface area contributed by atoms with Gasteiger partial charge in [-0.1, -0.05) is 60.7 Å². The van der Waals surface area contributed by atoms with E-state index in [1.807, 2.05) is 36.4 Å². The third kappa shape index (κ3) is 2.98. The summed E-state index contributed by atoms with van der Waals surface area (Å²) in [4.78, 5) is 8.90. The Hall–Kier alpha value is -2.52. The summed E-state index contributed by atoms with van der Waals surface area (Å²) in [5.41, 5.74) is 2.91. The Morgan fingerprint density at radius 2 is 1.38 bits per heavy atom. The summed E-state index contributed by atoms with van der Waals surface area (Å²) in [6.07, 6.45) is 1.70. The van der Waals surface area contributed by atoms with E-state index >= 15 is 0 Å².